The molecule has 0 aromatic heterocycles. The SMILES string of the molecule is COC(=O)COc1ccc(C(C)(c2ccc(C)cc2)c2ccc(O)cc2)cc1. The monoisotopic (exact) mass is 376 g/mol. The second-order valence-corrected chi connectivity index (χ2v) is 6.93. The highest BCUT2D eigenvalue weighted by atomic mass is 16.6. The molecule has 3 aromatic carbocycles. The van der Waals surface area contributed by atoms with Gasteiger partial charge >= 0.3 is 5.97 Å². The number of methoxy groups -OCH3 is 1. The number of carbonyl (C=O) groups excluding carboxylic acids is 1. The molecule has 0 saturated carbocycles. The summed E-state index contributed by atoms with van der Waals surface area (Å²) in [7, 11) is 1.33. The first-order valence-corrected chi connectivity index (χ1v) is 9.10. The largest absolute Gasteiger partial charge is 0.508 e. The molecule has 0 amide bonds. The van der Waals surface area contributed by atoms with Crippen molar-refractivity contribution in [3.8, 4) is 11.5 Å². The Morgan fingerprint density at radius 3 is 1.82 bits per heavy atom. The molecular weight excluding hydrogens is 352 g/mol. The number of hydrogen-bond acceptors (Lipinski definition) is 4. The molecule has 0 aliphatic heterocycles. The average molecular weight is 376 g/mol. The van der Waals surface area contributed by atoms with Crippen LogP contribution in [0.15, 0.2) is 72.8 Å². The smallest absolute Gasteiger partial charge is 0.343 e. The third kappa shape index (κ3) is 4.01. The highest BCUT2D eigenvalue weighted by molar-refractivity contribution is 5.70. The molecule has 1 atom stereocenters. The number of phenols is 1. The zero-order valence-corrected chi connectivity index (χ0v) is 16.3. The first-order valence-electron chi connectivity index (χ1n) is 9.10. The van der Waals surface area contributed by atoms with Crippen LogP contribution in [0, 0.1) is 6.92 Å². The third-order valence-corrected chi connectivity index (χ3v) is 5.09. The van der Waals surface area contributed by atoms with Crippen LogP contribution in [-0.4, -0.2) is 24.8 Å². The van der Waals surface area contributed by atoms with E-state index in [0.29, 0.717) is 5.75 Å². The molecule has 4 heteroatoms. The van der Waals surface area contributed by atoms with E-state index in [1.54, 1.807) is 12.1 Å². The van der Waals surface area contributed by atoms with Gasteiger partial charge in [-0.2, -0.15) is 0 Å². The number of ether oxygens (including phenoxy) is 2. The summed E-state index contributed by atoms with van der Waals surface area (Å²) in [6.07, 6.45) is 0. The Morgan fingerprint density at radius 2 is 1.32 bits per heavy atom. The number of carbonyl (C=O) groups is 1. The van der Waals surface area contributed by atoms with E-state index in [1.807, 2.05) is 36.4 Å². The summed E-state index contributed by atoms with van der Waals surface area (Å²) in [5.41, 5.74) is 4.07. The summed E-state index contributed by atoms with van der Waals surface area (Å²) in [5.74, 6) is 0.422. The summed E-state index contributed by atoms with van der Waals surface area (Å²) >= 11 is 0. The van der Waals surface area contributed by atoms with Crippen LogP contribution in [0.1, 0.15) is 29.2 Å². The van der Waals surface area contributed by atoms with Gasteiger partial charge in [-0.25, -0.2) is 4.79 Å². The lowest BCUT2D eigenvalue weighted by Gasteiger charge is -2.32. The fourth-order valence-electron chi connectivity index (χ4n) is 3.27. The van der Waals surface area contributed by atoms with Gasteiger partial charge in [-0.1, -0.05) is 54.1 Å². The molecule has 0 radical (unpaired) electrons. The van der Waals surface area contributed by atoms with E-state index in [-0.39, 0.29) is 12.4 Å². The summed E-state index contributed by atoms with van der Waals surface area (Å²) in [4.78, 5) is 11.3. The van der Waals surface area contributed by atoms with Crippen molar-refractivity contribution in [2.75, 3.05) is 13.7 Å². The van der Waals surface area contributed by atoms with Gasteiger partial charge in [-0.3, -0.25) is 0 Å². The van der Waals surface area contributed by atoms with Gasteiger partial charge in [0, 0.05) is 5.41 Å². The van der Waals surface area contributed by atoms with Gasteiger partial charge in [0.15, 0.2) is 6.61 Å². The second-order valence-electron chi connectivity index (χ2n) is 6.93. The van der Waals surface area contributed by atoms with Crippen molar-refractivity contribution in [3.63, 3.8) is 0 Å². The maximum Gasteiger partial charge on any atom is 0.343 e. The van der Waals surface area contributed by atoms with Gasteiger partial charge in [0.1, 0.15) is 11.5 Å². The van der Waals surface area contributed by atoms with Crippen LogP contribution in [0.5, 0.6) is 11.5 Å². The van der Waals surface area contributed by atoms with E-state index in [9.17, 15) is 9.90 Å². The zero-order chi connectivity index (χ0) is 20.1. The van der Waals surface area contributed by atoms with Crippen LogP contribution in [0.2, 0.25) is 0 Å². The maximum atomic E-state index is 11.3. The lowest BCUT2D eigenvalue weighted by Crippen LogP contribution is -2.25. The van der Waals surface area contributed by atoms with Crippen molar-refractivity contribution in [3.05, 3.63) is 95.1 Å². The molecule has 0 heterocycles. The van der Waals surface area contributed by atoms with Crippen LogP contribution < -0.4 is 4.74 Å². The van der Waals surface area contributed by atoms with E-state index in [1.165, 1.54) is 12.7 Å². The molecule has 3 rings (SSSR count). The van der Waals surface area contributed by atoms with Gasteiger partial charge in [0.25, 0.3) is 0 Å². The Hall–Kier alpha value is -3.27. The topological polar surface area (TPSA) is 55.8 Å². The molecule has 4 nitrogen and oxygen atoms in total. The first kappa shape index (κ1) is 19.5. The molecule has 0 fully saturated rings. The van der Waals surface area contributed by atoms with E-state index < -0.39 is 11.4 Å². The molecule has 0 aliphatic rings. The fourth-order valence-corrected chi connectivity index (χ4v) is 3.27. The minimum atomic E-state index is -0.419. The molecule has 0 saturated heterocycles. The van der Waals surface area contributed by atoms with E-state index >= 15 is 0 Å². The van der Waals surface area contributed by atoms with Crippen molar-refractivity contribution in [2.45, 2.75) is 19.3 Å². The minimum absolute atomic E-state index is 0.122. The predicted octanol–water partition coefficient (Wildman–Crippen LogP) is 4.61. The van der Waals surface area contributed by atoms with E-state index in [2.05, 4.69) is 42.8 Å². The van der Waals surface area contributed by atoms with Crippen molar-refractivity contribution >= 4 is 5.97 Å². The third-order valence-electron chi connectivity index (χ3n) is 5.09. The Bertz CT molecular complexity index is 880. The lowest BCUT2D eigenvalue weighted by atomic mass is 9.71. The molecule has 144 valence electrons. The molecule has 0 aliphatic carbocycles. The number of benzene rings is 3. The highest BCUT2D eigenvalue weighted by Crippen LogP contribution is 2.40. The van der Waals surface area contributed by atoms with Gasteiger partial charge < -0.3 is 14.6 Å². The Morgan fingerprint density at radius 1 is 0.857 bits per heavy atom. The molecule has 3 aromatic rings. The number of aromatic hydroxyl groups is 1. The van der Waals surface area contributed by atoms with Crippen molar-refractivity contribution in [1.82, 2.24) is 0 Å². The summed E-state index contributed by atoms with van der Waals surface area (Å²) < 4.78 is 10.1. The number of hydrogen-bond donors (Lipinski definition) is 1. The molecule has 0 bridgehead atoms. The normalized spacial score (nSPS) is 12.8. The van der Waals surface area contributed by atoms with Crippen LogP contribution in [0.3, 0.4) is 0 Å². The van der Waals surface area contributed by atoms with E-state index in [4.69, 9.17) is 4.74 Å². The van der Waals surface area contributed by atoms with Crippen molar-refractivity contribution < 1.29 is 19.4 Å². The standard InChI is InChI=1S/C24H24O4/c1-17-4-6-18(7-5-17)24(2,19-8-12-21(25)13-9-19)20-10-14-22(15-11-20)28-16-23(26)27-3/h4-15,25H,16H2,1-3H3. The molecule has 0 spiro atoms. The van der Waals surface area contributed by atoms with Gasteiger partial charge in [-0.15, -0.1) is 0 Å². The maximum absolute atomic E-state index is 11.3. The minimum Gasteiger partial charge on any atom is -0.508 e. The fraction of sp³-hybridized carbons (Fsp3) is 0.208. The molecule has 1 N–H and O–H groups in total. The Balaban J connectivity index is 2.00. The number of rotatable bonds is 6. The number of phenolic OH excluding ortho intramolecular Hbond substituents is 1. The summed E-state index contributed by atoms with van der Waals surface area (Å²) in [6.45, 7) is 4.10. The first-order chi connectivity index (χ1) is 13.4. The summed E-state index contributed by atoms with van der Waals surface area (Å²) in [5, 5.41) is 9.71. The number of esters is 1. The molecular formula is C24H24O4. The molecule has 28 heavy (non-hydrogen) atoms. The van der Waals surface area contributed by atoms with Crippen molar-refractivity contribution in [2.24, 2.45) is 0 Å². The Kier molecular flexibility index (Phi) is 5.69. The molecule has 1 unspecified atom stereocenters. The zero-order valence-electron chi connectivity index (χ0n) is 16.3. The van der Waals surface area contributed by atoms with Crippen LogP contribution in [-0.2, 0) is 14.9 Å². The van der Waals surface area contributed by atoms with E-state index in [0.717, 1.165) is 16.7 Å². The quantitative estimate of drug-likeness (QED) is 0.504. The van der Waals surface area contributed by atoms with Crippen LogP contribution in [0.25, 0.3) is 0 Å². The summed E-state index contributed by atoms with van der Waals surface area (Å²) in [6, 6.07) is 23.4. The lowest BCUT2D eigenvalue weighted by molar-refractivity contribution is -0.142. The number of aryl methyl sites for hydroxylation is 1. The highest BCUT2D eigenvalue weighted by Gasteiger charge is 2.31. The van der Waals surface area contributed by atoms with Gasteiger partial charge in [0.05, 0.1) is 7.11 Å². The van der Waals surface area contributed by atoms with Crippen molar-refractivity contribution in [1.29, 1.82) is 0 Å². The van der Waals surface area contributed by atoms with Gasteiger partial charge in [0.2, 0.25) is 0 Å². The van der Waals surface area contributed by atoms with Crippen LogP contribution in [0.4, 0.5) is 0 Å². The predicted molar refractivity (Wildman–Crippen MR) is 109 cm³/mol. The second kappa shape index (κ2) is 8.17. The average Bonchev–Trinajstić information content (AvgIpc) is 2.73. The van der Waals surface area contributed by atoms with Gasteiger partial charge in [-0.05, 0) is 54.8 Å². The van der Waals surface area contributed by atoms with Crippen LogP contribution >= 0.6 is 0 Å². The Labute approximate surface area is 165 Å².